The number of benzene rings is 2. The molecule has 0 aliphatic rings. The second-order valence-corrected chi connectivity index (χ2v) is 8.98. The van der Waals surface area contributed by atoms with Gasteiger partial charge in [-0.25, -0.2) is 13.8 Å². The summed E-state index contributed by atoms with van der Waals surface area (Å²) in [5.74, 6) is -0.411. The zero-order valence-electron chi connectivity index (χ0n) is 20.0. The number of ether oxygens (including phenoxy) is 1. The average Bonchev–Trinajstić information content (AvgIpc) is 3.46. The molecule has 0 saturated carbocycles. The van der Waals surface area contributed by atoms with Gasteiger partial charge < -0.3 is 18.8 Å². The minimum atomic E-state index is -0.787. The van der Waals surface area contributed by atoms with E-state index in [0.29, 0.717) is 17.1 Å². The summed E-state index contributed by atoms with van der Waals surface area (Å²) in [4.78, 5) is 9.63. The zero-order valence-corrected chi connectivity index (χ0v) is 20.8. The number of aryl methyl sites for hydroxylation is 3. The molecule has 0 bridgehead atoms. The predicted octanol–water partition coefficient (Wildman–Crippen LogP) is 6.28. The molecule has 5 rings (SSSR count). The van der Waals surface area contributed by atoms with Gasteiger partial charge in [0.15, 0.2) is 11.6 Å². The highest BCUT2D eigenvalue weighted by molar-refractivity contribution is 8.00. The van der Waals surface area contributed by atoms with Gasteiger partial charge in [-0.1, -0.05) is 5.16 Å². The molecule has 0 amide bonds. The minimum absolute atomic E-state index is 0.0756. The van der Waals surface area contributed by atoms with Gasteiger partial charge in [0, 0.05) is 29.8 Å². The second kappa shape index (κ2) is 9.54. The van der Waals surface area contributed by atoms with E-state index in [0.717, 1.165) is 50.7 Å². The topological polar surface area (TPSA) is 76.2 Å². The van der Waals surface area contributed by atoms with Crippen LogP contribution >= 0.6 is 11.9 Å². The van der Waals surface area contributed by atoms with Crippen LogP contribution in [0.3, 0.4) is 0 Å². The Bertz CT molecular complexity index is 1560. The normalized spacial score (nSPS) is 11.2. The van der Waals surface area contributed by atoms with E-state index in [2.05, 4.69) is 14.9 Å². The Kier molecular flexibility index (Phi) is 6.27. The van der Waals surface area contributed by atoms with Crippen molar-refractivity contribution < 1.29 is 27.6 Å². The first-order chi connectivity index (χ1) is 17.4. The Labute approximate surface area is 210 Å². The Morgan fingerprint density at radius 1 is 1.00 bits per heavy atom. The van der Waals surface area contributed by atoms with E-state index in [9.17, 15) is 8.78 Å². The van der Waals surface area contributed by atoms with E-state index in [4.69, 9.17) is 14.1 Å². The SMILES string of the molecule is CO[n+]1c(C)cc(-c2cc(NSc3c(C)noc3C)ccc2Oc2ccc(F)cc2F)c2cc[nH]c21. The Balaban J connectivity index is 1.62. The first-order valence-electron chi connectivity index (χ1n) is 11.1. The molecular weight excluding hydrogens is 486 g/mol. The quantitative estimate of drug-likeness (QED) is 0.199. The third kappa shape index (κ3) is 4.35. The Morgan fingerprint density at radius 2 is 1.81 bits per heavy atom. The van der Waals surface area contributed by atoms with Crippen molar-refractivity contribution in [1.29, 1.82) is 0 Å². The number of aromatic amines is 1. The lowest BCUT2D eigenvalue weighted by Gasteiger charge is -2.15. The van der Waals surface area contributed by atoms with Gasteiger partial charge in [-0.3, -0.25) is 0 Å². The molecular formula is C26H23F2N4O3S+. The van der Waals surface area contributed by atoms with Crippen molar-refractivity contribution in [1.82, 2.24) is 10.1 Å². The van der Waals surface area contributed by atoms with Crippen LogP contribution in [-0.4, -0.2) is 17.3 Å². The van der Waals surface area contributed by atoms with Crippen LogP contribution in [0.15, 0.2) is 64.1 Å². The van der Waals surface area contributed by atoms with Gasteiger partial charge in [-0.15, -0.1) is 0 Å². The summed E-state index contributed by atoms with van der Waals surface area (Å²) in [5, 5.41) is 4.86. The van der Waals surface area contributed by atoms with E-state index in [1.165, 1.54) is 18.0 Å². The molecule has 3 heterocycles. The van der Waals surface area contributed by atoms with Crippen molar-refractivity contribution in [2.75, 3.05) is 11.8 Å². The smallest absolute Gasteiger partial charge is 0.326 e. The molecule has 0 radical (unpaired) electrons. The number of pyridine rings is 1. The molecule has 2 N–H and O–H groups in total. The summed E-state index contributed by atoms with van der Waals surface area (Å²) < 4.78 is 44.1. The van der Waals surface area contributed by atoms with Crippen molar-refractivity contribution in [3.8, 4) is 22.6 Å². The number of anilines is 1. The lowest BCUT2D eigenvalue weighted by Crippen LogP contribution is -2.44. The van der Waals surface area contributed by atoms with E-state index in [-0.39, 0.29) is 5.75 Å². The summed E-state index contributed by atoms with van der Waals surface area (Å²) >= 11 is 1.39. The predicted molar refractivity (Wildman–Crippen MR) is 133 cm³/mol. The number of rotatable bonds is 7. The molecule has 0 aliphatic carbocycles. The van der Waals surface area contributed by atoms with Crippen molar-refractivity contribution in [3.05, 3.63) is 83.5 Å². The summed E-state index contributed by atoms with van der Waals surface area (Å²) in [5.41, 5.74) is 4.72. The molecule has 5 aromatic rings. The largest absolute Gasteiger partial charge is 0.454 e. The maximum atomic E-state index is 14.4. The molecule has 2 aromatic carbocycles. The van der Waals surface area contributed by atoms with E-state index in [1.807, 2.05) is 51.2 Å². The van der Waals surface area contributed by atoms with Crippen molar-refractivity contribution in [2.24, 2.45) is 0 Å². The summed E-state index contributed by atoms with van der Waals surface area (Å²) in [7, 11) is 1.59. The first kappa shape index (κ1) is 23.7. The fourth-order valence-corrected chi connectivity index (χ4v) is 4.74. The third-order valence-corrected chi connectivity index (χ3v) is 6.82. The molecule has 0 atom stereocenters. The first-order valence-corrected chi connectivity index (χ1v) is 11.9. The van der Waals surface area contributed by atoms with Crippen LogP contribution in [0, 0.1) is 32.4 Å². The van der Waals surface area contributed by atoms with Crippen molar-refractivity contribution in [2.45, 2.75) is 25.7 Å². The van der Waals surface area contributed by atoms with Gasteiger partial charge >= 0.3 is 5.65 Å². The van der Waals surface area contributed by atoms with Gasteiger partial charge in [0.1, 0.15) is 30.1 Å². The van der Waals surface area contributed by atoms with Gasteiger partial charge in [-0.2, -0.15) is 0 Å². The number of nitrogens with zero attached hydrogens (tertiary/aromatic N) is 2. The molecule has 0 fully saturated rings. The van der Waals surface area contributed by atoms with Crippen LogP contribution in [0.2, 0.25) is 0 Å². The molecule has 7 nitrogen and oxygen atoms in total. The molecule has 36 heavy (non-hydrogen) atoms. The highest BCUT2D eigenvalue weighted by Crippen LogP contribution is 2.40. The van der Waals surface area contributed by atoms with Crippen LogP contribution in [0.25, 0.3) is 22.2 Å². The number of fused-ring (bicyclic) bond motifs is 1. The highest BCUT2D eigenvalue weighted by atomic mass is 32.2. The maximum absolute atomic E-state index is 14.4. The Hall–Kier alpha value is -4.05. The Morgan fingerprint density at radius 3 is 2.53 bits per heavy atom. The molecule has 3 aromatic heterocycles. The maximum Gasteiger partial charge on any atom is 0.326 e. The molecule has 0 spiro atoms. The standard InChI is InChI=1S/C26H22F2N4O3S/c1-14-11-20(19-9-10-29-26(19)32(14)33-4)21-13-18(31-36-25-15(2)30-35-16(25)3)6-8-23(21)34-24-7-5-17(27)12-22(24)28/h5-13,31H,1-4H3/p+1. The number of H-pyrrole nitrogens is 1. The van der Waals surface area contributed by atoms with E-state index in [1.54, 1.807) is 17.9 Å². The minimum Gasteiger partial charge on any atom is -0.454 e. The van der Waals surface area contributed by atoms with Gasteiger partial charge in [-0.05, 0) is 73.0 Å². The third-order valence-electron chi connectivity index (χ3n) is 5.70. The average molecular weight is 510 g/mol. The molecule has 10 heteroatoms. The number of halogens is 2. The molecule has 0 unspecified atom stereocenters. The molecule has 184 valence electrons. The van der Waals surface area contributed by atoms with E-state index < -0.39 is 11.6 Å². The summed E-state index contributed by atoms with van der Waals surface area (Å²) in [6.45, 7) is 5.65. The van der Waals surface area contributed by atoms with Crippen LogP contribution in [0.4, 0.5) is 14.5 Å². The summed E-state index contributed by atoms with van der Waals surface area (Å²) in [6.07, 6.45) is 1.82. The van der Waals surface area contributed by atoms with Crippen molar-refractivity contribution >= 4 is 28.7 Å². The van der Waals surface area contributed by atoms with E-state index >= 15 is 0 Å². The highest BCUT2D eigenvalue weighted by Gasteiger charge is 2.22. The number of hydrogen-bond acceptors (Lipinski definition) is 6. The second-order valence-electron chi connectivity index (χ2n) is 8.16. The fraction of sp³-hybridized carbons (Fsp3) is 0.154. The van der Waals surface area contributed by atoms with Crippen LogP contribution in [-0.2, 0) is 0 Å². The number of hydrogen-bond donors (Lipinski definition) is 2. The van der Waals surface area contributed by atoms with Gasteiger partial charge in [0.05, 0.1) is 22.2 Å². The lowest BCUT2D eigenvalue weighted by molar-refractivity contribution is -0.870. The number of nitrogens with one attached hydrogen (secondary N) is 2. The lowest BCUT2D eigenvalue weighted by atomic mass is 10.0. The summed E-state index contributed by atoms with van der Waals surface area (Å²) in [6, 6.07) is 12.6. The van der Waals surface area contributed by atoms with Crippen LogP contribution < -0.4 is 19.0 Å². The van der Waals surface area contributed by atoms with Crippen LogP contribution in [0.5, 0.6) is 11.5 Å². The van der Waals surface area contributed by atoms with Gasteiger partial charge in [0.2, 0.25) is 0 Å². The zero-order chi connectivity index (χ0) is 25.4. The van der Waals surface area contributed by atoms with Crippen LogP contribution in [0.1, 0.15) is 17.1 Å². The molecule has 0 saturated heterocycles. The fourth-order valence-electron chi connectivity index (χ4n) is 4.03. The number of aromatic nitrogens is 3. The van der Waals surface area contributed by atoms with Gasteiger partial charge in [0.25, 0.3) is 0 Å². The monoisotopic (exact) mass is 509 g/mol. The van der Waals surface area contributed by atoms with Crippen molar-refractivity contribution in [3.63, 3.8) is 0 Å². The molecule has 0 aliphatic heterocycles.